The highest BCUT2D eigenvalue weighted by Gasteiger charge is 2.11. The van der Waals surface area contributed by atoms with Crippen LogP contribution in [0.1, 0.15) is 19.8 Å². The van der Waals surface area contributed by atoms with Crippen LogP contribution in [-0.2, 0) is 0 Å². The maximum absolute atomic E-state index is 5.94. The van der Waals surface area contributed by atoms with Crippen LogP contribution in [0.3, 0.4) is 0 Å². The molecule has 0 bridgehead atoms. The number of rotatable bonds is 4. The zero-order chi connectivity index (χ0) is 12.8. The Kier molecular flexibility index (Phi) is 5.05. The van der Waals surface area contributed by atoms with Crippen LogP contribution in [0.25, 0.3) is 0 Å². The Morgan fingerprint density at radius 1 is 1.33 bits per heavy atom. The molecule has 2 rings (SSSR count). The molecule has 0 spiro atoms. The van der Waals surface area contributed by atoms with Gasteiger partial charge in [0.15, 0.2) is 0 Å². The summed E-state index contributed by atoms with van der Waals surface area (Å²) in [4.78, 5) is 2.43. The molecule has 1 aromatic carbocycles. The molecule has 0 atom stereocenters. The first-order chi connectivity index (χ1) is 8.81. The number of hydrogen-bond donors (Lipinski definition) is 1. The van der Waals surface area contributed by atoms with E-state index < -0.39 is 0 Å². The maximum atomic E-state index is 5.94. The molecule has 2 N–H and O–H groups in total. The Balaban J connectivity index is 2.11. The molecule has 100 valence electrons. The van der Waals surface area contributed by atoms with Crippen molar-refractivity contribution in [3.8, 4) is 5.75 Å². The molecule has 1 aromatic rings. The van der Waals surface area contributed by atoms with Gasteiger partial charge in [-0.3, -0.25) is 0 Å². The molecule has 1 fully saturated rings. The summed E-state index contributed by atoms with van der Waals surface area (Å²) in [7, 11) is 0. The van der Waals surface area contributed by atoms with Crippen LogP contribution in [0.2, 0.25) is 0 Å². The lowest BCUT2D eigenvalue weighted by Gasteiger charge is -2.23. The van der Waals surface area contributed by atoms with Crippen molar-refractivity contribution in [3.05, 3.63) is 18.2 Å². The van der Waals surface area contributed by atoms with Gasteiger partial charge in [-0.05, 0) is 30.7 Å². The summed E-state index contributed by atoms with van der Waals surface area (Å²) in [5.41, 5.74) is 7.91. The van der Waals surface area contributed by atoms with Crippen molar-refractivity contribution in [1.82, 2.24) is 0 Å². The summed E-state index contributed by atoms with van der Waals surface area (Å²) in [6.07, 6.45) is 2.25. The van der Waals surface area contributed by atoms with E-state index >= 15 is 0 Å². The molecule has 0 unspecified atom stereocenters. The van der Waals surface area contributed by atoms with E-state index in [0.29, 0.717) is 0 Å². The van der Waals surface area contributed by atoms with Crippen LogP contribution in [0.5, 0.6) is 5.75 Å². The third-order valence-corrected chi connectivity index (χ3v) is 4.09. The lowest BCUT2D eigenvalue weighted by molar-refractivity contribution is 0.319. The molecule has 3 nitrogen and oxygen atoms in total. The molecular weight excluding hydrogens is 244 g/mol. The van der Waals surface area contributed by atoms with Gasteiger partial charge in [-0.2, -0.15) is 11.8 Å². The second-order valence-corrected chi connectivity index (χ2v) is 5.75. The molecule has 1 aliphatic heterocycles. The number of hydrogen-bond acceptors (Lipinski definition) is 4. The zero-order valence-corrected chi connectivity index (χ0v) is 11.8. The van der Waals surface area contributed by atoms with Crippen molar-refractivity contribution in [2.45, 2.75) is 19.8 Å². The summed E-state index contributed by atoms with van der Waals surface area (Å²) in [6, 6.07) is 6.14. The van der Waals surface area contributed by atoms with Crippen molar-refractivity contribution in [2.24, 2.45) is 0 Å². The van der Waals surface area contributed by atoms with Gasteiger partial charge in [-0.25, -0.2) is 0 Å². The summed E-state index contributed by atoms with van der Waals surface area (Å²) >= 11 is 2.04. The highest BCUT2D eigenvalue weighted by Crippen LogP contribution is 2.29. The Labute approximate surface area is 114 Å². The average molecular weight is 266 g/mol. The SMILES string of the molecule is CCCOc1cc(N2CCCSCC2)ccc1N. The first kappa shape index (κ1) is 13.4. The number of benzene rings is 1. The van der Waals surface area contributed by atoms with Crippen molar-refractivity contribution in [1.29, 1.82) is 0 Å². The molecule has 0 radical (unpaired) electrons. The second-order valence-electron chi connectivity index (χ2n) is 4.52. The minimum absolute atomic E-state index is 0.726. The van der Waals surface area contributed by atoms with Crippen LogP contribution < -0.4 is 15.4 Å². The summed E-state index contributed by atoms with van der Waals surface area (Å²) < 4.78 is 5.69. The highest BCUT2D eigenvalue weighted by atomic mass is 32.2. The smallest absolute Gasteiger partial charge is 0.144 e. The van der Waals surface area contributed by atoms with Gasteiger partial charge >= 0.3 is 0 Å². The van der Waals surface area contributed by atoms with Crippen LogP contribution in [0.15, 0.2) is 18.2 Å². The van der Waals surface area contributed by atoms with E-state index in [1.165, 1.54) is 23.6 Å². The first-order valence-electron chi connectivity index (χ1n) is 6.66. The molecule has 18 heavy (non-hydrogen) atoms. The van der Waals surface area contributed by atoms with Gasteiger partial charge in [0, 0.05) is 30.6 Å². The predicted molar refractivity (Wildman–Crippen MR) is 80.8 cm³/mol. The molecule has 0 aromatic heterocycles. The maximum Gasteiger partial charge on any atom is 0.144 e. The number of thioether (sulfide) groups is 1. The normalized spacial score (nSPS) is 16.4. The number of ether oxygens (including phenoxy) is 1. The Bertz CT molecular complexity index is 376. The summed E-state index contributed by atoms with van der Waals surface area (Å²) in [6.45, 7) is 5.07. The zero-order valence-electron chi connectivity index (χ0n) is 11.0. The second kappa shape index (κ2) is 6.78. The van der Waals surface area contributed by atoms with Gasteiger partial charge < -0.3 is 15.4 Å². The molecule has 4 heteroatoms. The number of anilines is 2. The highest BCUT2D eigenvalue weighted by molar-refractivity contribution is 7.99. The number of nitrogens with two attached hydrogens (primary N) is 1. The Morgan fingerprint density at radius 3 is 3.06 bits per heavy atom. The Hall–Kier alpha value is -1.03. The molecule has 1 aliphatic rings. The summed E-state index contributed by atoms with van der Waals surface area (Å²) in [5.74, 6) is 3.30. The molecule has 1 saturated heterocycles. The molecule has 0 saturated carbocycles. The van der Waals surface area contributed by atoms with E-state index in [1.54, 1.807) is 0 Å². The Morgan fingerprint density at radius 2 is 2.22 bits per heavy atom. The molecule has 0 amide bonds. The lowest BCUT2D eigenvalue weighted by atomic mass is 10.2. The fourth-order valence-electron chi connectivity index (χ4n) is 2.06. The topological polar surface area (TPSA) is 38.5 Å². The van der Waals surface area contributed by atoms with Crippen LogP contribution in [0.4, 0.5) is 11.4 Å². The first-order valence-corrected chi connectivity index (χ1v) is 7.81. The minimum atomic E-state index is 0.726. The standard InChI is InChI=1S/C14H22N2OS/c1-2-8-17-14-11-12(4-5-13(14)15)16-6-3-9-18-10-7-16/h4-5,11H,2-3,6-10,15H2,1H3. The predicted octanol–water partition coefficient (Wildman–Crippen LogP) is 3.00. The third-order valence-electron chi connectivity index (χ3n) is 3.05. The van der Waals surface area contributed by atoms with Gasteiger partial charge in [-0.15, -0.1) is 0 Å². The minimum Gasteiger partial charge on any atom is -0.491 e. The lowest BCUT2D eigenvalue weighted by Crippen LogP contribution is -2.25. The molecular formula is C14H22N2OS. The van der Waals surface area contributed by atoms with Crippen LogP contribution in [0, 0.1) is 0 Å². The van der Waals surface area contributed by atoms with Gasteiger partial charge in [-0.1, -0.05) is 6.92 Å². The van der Waals surface area contributed by atoms with Crippen molar-refractivity contribution in [3.63, 3.8) is 0 Å². The van der Waals surface area contributed by atoms with Gasteiger partial charge in [0.1, 0.15) is 5.75 Å². The molecule has 0 aliphatic carbocycles. The van der Waals surface area contributed by atoms with Gasteiger partial charge in [0.25, 0.3) is 0 Å². The van der Waals surface area contributed by atoms with Gasteiger partial charge in [0.05, 0.1) is 12.3 Å². The van der Waals surface area contributed by atoms with E-state index in [0.717, 1.165) is 37.6 Å². The largest absolute Gasteiger partial charge is 0.491 e. The van der Waals surface area contributed by atoms with Crippen LogP contribution >= 0.6 is 11.8 Å². The molecule has 1 heterocycles. The van der Waals surface area contributed by atoms with Crippen LogP contribution in [-0.4, -0.2) is 31.2 Å². The monoisotopic (exact) mass is 266 g/mol. The van der Waals surface area contributed by atoms with E-state index in [-0.39, 0.29) is 0 Å². The number of nitrogen functional groups attached to an aromatic ring is 1. The third kappa shape index (κ3) is 3.48. The fraction of sp³-hybridized carbons (Fsp3) is 0.571. The van der Waals surface area contributed by atoms with Crippen molar-refractivity contribution < 1.29 is 4.74 Å². The van der Waals surface area contributed by atoms with Crippen molar-refractivity contribution >= 4 is 23.1 Å². The van der Waals surface area contributed by atoms with E-state index in [9.17, 15) is 0 Å². The van der Waals surface area contributed by atoms with E-state index in [4.69, 9.17) is 10.5 Å². The van der Waals surface area contributed by atoms with Gasteiger partial charge in [0.2, 0.25) is 0 Å². The number of nitrogens with zero attached hydrogens (tertiary/aromatic N) is 1. The van der Waals surface area contributed by atoms with E-state index in [2.05, 4.69) is 24.0 Å². The quantitative estimate of drug-likeness (QED) is 0.850. The fourth-order valence-corrected chi connectivity index (χ4v) is 2.95. The van der Waals surface area contributed by atoms with Crippen molar-refractivity contribution in [2.75, 3.05) is 41.8 Å². The van der Waals surface area contributed by atoms with E-state index in [1.807, 2.05) is 17.8 Å². The average Bonchev–Trinajstić information content (AvgIpc) is 2.67. The summed E-state index contributed by atoms with van der Waals surface area (Å²) in [5, 5.41) is 0.